The van der Waals surface area contributed by atoms with E-state index in [-0.39, 0.29) is 5.91 Å². The van der Waals surface area contributed by atoms with Crippen LogP contribution in [0.2, 0.25) is 0 Å². The molecule has 0 fully saturated rings. The second kappa shape index (κ2) is 5.96. The van der Waals surface area contributed by atoms with Crippen LogP contribution in [0.15, 0.2) is 54.7 Å². The number of nitrogens with two attached hydrogens (primary N) is 1. The minimum absolute atomic E-state index is 0.0849. The van der Waals surface area contributed by atoms with Crippen LogP contribution in [-0.4, -0.2) is 16.4 Å². The Hall–Kier alpha value is -3.08. The summed E-state index contributed by atoms with van der Waals surface area (Å²) in [5.74, 6) is -0.508. The Bertz CT molecular complexity index is 879. The van der Waals surface area contributed by atoms with E-state index in [2.05, 4.69) is 9.88 Å². The number of nitrogens with zero attached hydrogens (tertiary/aromatic N) is 1. The molecule has 0 radical (unpaired) electrons. The first-order chi connectivity index (χ1) is 11.0. The van der Waals surface area contributed by atoms with Crippen molar-refractivity contribution in [2.45, 2.75) is 13.5 Å². The van der Waals surface area contributed by atoms with Crippen LogP contribution in [0.1, 0.15) is 22.8 Å². The molecule has 0 saturated heterocycles. The van der Waals surface area contributed by atoms with Gasteiger partial charge in [-0.25, -0.2) is 0 Å². The normalized spacial score (nSPS) is 10.7. The highest BCUT2D eigenvalue weighted by molar-refractivity contribution is 5.93. The fourth-order valence-electron chi connectivity index (χ4n) is 2.59. The van der Waals surface area contributed by atoms with E-state index in [0.29, 0.717) is 12.1 Å². The topological polar surface area (TPSA) is 77.1 Å². The maximum atomic E-state index is 11.1. The first-order valence-electron chi connectivity index (χ1n) is 7.28. The lowest BCUT2D eigenvalue weighted by Crippen LogP contribution is -2.10. The minimum Gasteiger partial charge on any atom is -0.366 e. The number of fused-ring (bicyclic) bond motifs is 1. The molecule has 0 saturated carbocycles. The molecule has 3 rings (SSSR count). The van der Waals surface area contributed by atoms with Gasteiger partial charge in [0, 0.05) is 41.8 Å². The molecule has 3 N–H and O–H groups in total. The van der Waals surface area contributed by atoms with E-state index in [9.17, 15) is 9.59 Å². The lowest BCUT2D eigenvalue weighted by Gasteiger charge is -2.07. The summed E-state index contributed by atoms with van der Waals surface area (Å²) < 4.78 is 2.12. The number of amides is 2. The summed E-state index contributed by atoms with van der Waals surface area (Å²) >= 11 is 0. The van der Waals surface area contributed by atoms with E-state index < -0.39 is 5.91 Å². The van der Waals surface area contributed by atoms with Crippen molar-refractivity contribution in [2.24, 2.45) is 5.73 Å². The molecule has 2 amide bonds. The van der Waals surface area contributed by atoms with Gasteiger partial charge >= 0.3 is 0 Å². The van der Waals surface area contributed by atoms with Crippen molar-refractivity contribution < 1.29 is 9.59 Å². The number of carbonyl (C=O) groups is 2. The Morgan fingerprint density at radius 3 is 2.48 bits per heavy atom. The van der Waals surface area contributed by atoms with Gasteiger partial charge in [0.05, 0.1) is 0 Å². The number of aromatic nitrogens is 1. The van der Waals surface area contributed by atoms with Crippen molar-refractivity contribution in [3.8, 4) is 0 Å². The zero-order valence-electron chi connectivity index (χ0n) is 12.7. The monoisotopic (exact) mass is 307 g/mol. The van der Waals surface area contributed by atoms with Gasteiger partial charge in [-0.15, -0.1) is 0 Å². The van der Waals surface area contributed by atoms with Crippen LogP contribution >= 0.6 is 0 Å². The number of primary amides is 1. The zero-order valence-corrected chi connectivity index (χ0v) is 12.7. The number of hydrogen-bond acceptors (Lipinski definition) is 2. The molecule has 0 aliphatic rings. The van der Waals surface area contributed by atoms with Crippen molar-refractivity contribution >= 4 is 28.4 Å². The quantitative estimate of drug-likeness (QED) is 0.777. The molecule has 0 unspecified atom stereocenters. The molecular formula is C18H17N3O2. The molecule has 0 bridgehead atoms. The summed E-state index contributed by atoms with van der Waals surface area (Å²) in [6.45, 7) is 2.19. The van der Waals surface area contributed by atoms with E-state index in [0.717, 1.165) is 22.2 Å². The van der Waals surface area contributed by atoms with Gasteiger partial charge in [-0.2, -0.15) is 0 Å². The summed E-state index contributed by atoms with van der Waals surface area (Å²) in [4.78, 5) is 22.2. The van der Waals surface area contributed by atoms with E-state index >= 15 is 0 Å². The van der Waals surface area contributed by atoms with E-state index in [1.807, 2.05) is 42.6 Å². The molecule has 1 aromatic heterocycles. The van der Waals surface area contributed by atoms with Crippen LogP contribution in [0, 0.1) is 0 Å². The van der Waals surface area contributed by atoms with Crippen LogP contribution in [0.25, 0.3) is 10.9 Å². The molecule has 0 atom stereocenters. The van der Waals surface area contributed by atoms with E-state index in [4.69, 9.17) is 5.73 Å². The second-order valence-electron chi connectivity index (χ2n) is 5.46. The highest BCUT2D eigenvalue weighted by atomic mass is 16.1. The number of rotatable bonds is 4. The zero-order chi connectivity index (χ0) is 16.4. The maximum absolute atomic E-state index is 11.1. The second-order valence-corrected chi connectivity index (χ2v) is 5.46. The lowest BCUT2D eigenvalue weighted by atomic mass is 10.1. The molecule has 116 valence electrons. The van der Waals surface area contributed by atoms with Crippen molar-refractivity contribution in [2.75, 3.05) is 5.32 Å². The molecule has 5 nitrogen and oxygen atoms in total. The Morgan fingerprint density at radius 1 is 1.09 bits per heavy atom. The fraction of sp³-hybridized carbons (Fsp3) is 0.111. The van der Waals surface area contributed by atoms with Gasteiger partial charge in [0.15, 0.2) is 0 Å². The van der Waals surface area contributed by atoms with Crippen LogP contribution < -0.4 is 11.1 Å². The largest absolute Gasteiger partial charge is 0.366 e. The first kappa shape index (κ1) is 14.8. The molecule has 23 heavy (non-hydrogen) atoms. The first-order valence-corrected chi connectivity index (χ1v) is 7.28. The highest BCUT2D eigenvalue weighted by Crippen LogP contribution is 2.21. The van der Waals surface area contributed by atoms with Gasteiger partial charge in [0.2, 0.25) is 11.8 Å². The van der Waals surface area contributed by atoms with Gasteiger partial charge < -0.3 is 15.6 Å². The summed E-state index contributed by atoms with van der Waals surface area (Å²) in [6, 6.07) is 15.1. The SMILES string of the molecule is CC(=O)Nc1ccc2c(ccn2Cc2ccc(C(N)=O)cc2)c1. The van der Waals surface area contributed by atoms with Crippen molar-refractivity contribution in [1.82, 2.24) is 4.57 Å². The average molecular weight is 307 g/mol. The van der Waals surface area contributed by atoms with Gasteiger partial charge in [0.1, 0.15) is 0 Å². The Kier molecular flexibility index (Phi) is 3.85. The smallest absolute Gasteiger partial charge is 0.248 e. The molecule has 0 aliphatic heterocycles. The highest BCUT2D eigenvalue weighted by Gasteiger charge is 2.05. The van der Waals surface area contributed by atoms with Gasteiger partial charge in [-0.3, -0.25) is 9.59 Å². The van der Waals surface area contributed by atoms with Crippen LogP contribution in [-0.2, 0) is 11.3 Å². The average Bonchev–Trinajstić information content (AvgIpc) is 2.89. The predicted molar refractivity (Wildman–Crippen MR) is 90.3 cm³/mol. The maximum Gasteiger partial charge on any atom is 0.248 e. The van der Waals surface area contributed by atoms with Gasteiger partial charge in [-0.1, -0.05) is 12.1 Å². The molecule has 0 aliphatic carbocycles. The third-order valence-electron chi connectivity index (χ3n) is 3.68. The van der Waals surface area contributed by atoms with Crippen molar-refractivity contribution in [3.63, 3.8) is 0 Å². The lowest BCUT2D eigenvalue weighted by molar-refractivity contribution is -0.114. The number of benzene rings is 2. The van der Waals surface area contributed by atoms with Crippen molar-refractivity contribution in [3.05, 3.63) is 65.9 Å². The molecular weight excluding hydrogens is 290 g/mol. The van der Waals surface area contributed by atoms with Crippen LogP contribution in [0.4, 0.5) is 5.69 Å². The minimum atomic E-state index is -0.423. The van der Waals surface area contributed by atoms with Gasteiger partial charge in [0.25, 0.3) is 0 Å². The number of carbonyl (C=O) groups excluding carboxylic acids is 2. The summed E-state index contributed by atoms with van der Waals surface area (Å²) in [5, 5.41) is 3.84. The van der Waals surface area contributed by atoms with Gasteiger partial charge in [-0.05, 0) is 42.0 Å². The molecule has 0 spiro atoms. The molecule has 2 aromatic carbocycles. The molecule has 5 heteroatoms. The Labute approximate surface area is 133 Å². The predicted octanol–water partition coefficient (Wildman–Crippen LogP) is 2.75. The molecule has 1 heterocycles. The number of anilines is 1. The van der Waals surface area contributed by atoms with E-state index in [1.165, 1.54) is 6.92 Å². The van der Waals surface area contributed by atoms with Crippen LogP contribution in [0.5, 0.6) is 0 Å². The Balaban J connectivity index is 1.85. The van der Waals surface area contributed by atoms with Crippen molar-refractivity contribution in [1.29, 1.82) is 0 Å². The van der Waals surface area contributed by atoms with Crippen LogP contribution in [0.3, 0.4) is 0 Å². The fourth-order valence-corrected chi connectivity index (χ4v) is 2.59. The summed E-state index contributed by atoms with van der Waals surface area (Å²) in [5.41, 5.74) is 8.70. The summed E-state index contributed by atoms with van der Waals surface area (Å²) in [7, 11) is 0. The molecule has 3 aromatic rings. The summed E-state index contributed by atoms with van der Waals surface area (Å²) in [6.07, 6.45) is 2.00. The van der Waals surface area contributed by atoms with E-state index in [1.54, 1.807) is 12.1 Å². The Morgan fingerprint density at radius 2 is 1.83 bits per heavy atom. The standard InChI is InChI=1S/C18H17N3O2/c1-12(22)20-16-6-7-17-15(10-16)8-9-21(17)11-13-2-4-14(5-3-13)18(19)23/h2-10H,11H2,1H3,(H2,19,23)(H,20,22). The third kappa shape index (κ3) is 3.23. The number of nitrogens with one attached hydrogen (secondary N) is 1. The third-order valence-corrected chi connectivity index (χ3v) is 3.68. The number of hydrogen-bond donors (Lipinski definition) is 2.